The molecule has 0 saturated heterocycles. The summed E-state index contributed by atoms with van der Waals surface area (Å²) in [6.45, 7) is 10.9. The van der Waals surface area contributed by atoms with Gasteiger partial charge in [-0.15, -0.1) is 6.42 Å². The number of hydrogen-bond acceptors (Lipinski definition) is 5. The molecule has 220 valence electrons. The molecule has 4 amide bonds. The number of carbonyl (C=O) groups is 4. The van der Waals surface area contributed by atoms with Crippen LogP contribution in [0.15, 0.2) is 54.6 Å². The SMILES string of the molecule is C#Cc1ccc(C(C(=O)NCc2ccccc2)N(C(=O)C(CCC(N)=O)NC(=O)OC(C)(C)C)C(C)(C)CC)cc1. The van der Waals surface area contributed by atoms with Crippen LogP contribution in [0, 0.1) is 12.3 Å². The Hall–Kier alpha value is -4.32. The number of ether oxygens (including phenoxy) is 1. The first-order valence-electron chi connectivity index (χ1n) is 13.7. The van der Waals surface area contributed by atoms with Crippen LogP contribution in [0.5, 0.6) is 0 Å². The van der Waals surface area contributed by atoms with Crippen LogP contribution in [0.25, 0.3) is 0 Å². The van der Waals surface area contributed by atoms with Crippen LogP contribution in [0.2, 0.25) is 0 Å². The van der Waals surface area contributed by atoms with Gasteiger partial charge in [0.15, 0.2) is 0 Å². The Morgan fingerprint density at radius 2 is 1.61 bits per heavy atom. The number of primary amides is 1. The summed E-state index contributed by atoms with van der Waals surface area (Å²) in [5, 5.41) is 5.57. The third kappa shape index (κ3) is 9.98. The monoisotopic (exact) mass is 562 g/mol. The summed E-state index contributed by atoms with van der Waals surface area (Å²) < 4.78 is 5.39. The van der Waals surface area contributed by atoms with Crippen molar-refractivity contribution in [2.24, 2.45) is 5.73 Å². The second-order valence-electron chi connectivity index (χ2n) is 11.5. The first-order chi connectivity index (χ1) is 19.2. The van der Waals surface area contributed by atoms with Crippen LogP contribution in [-0.4, -0.2) is 45.9 Å². The highest BCUT2D eigenvalue weighted by molar-refractivity contribution is 5.93. The predicted octanol–water partition coefficient (Wildman–Crippen LogP) is 4.20. The van der Waals surface area contributed by atoms with Crippen molar-refractivity contribution in [3.05, 3.63) is 71.3 Å². The van der Waals surface area contributed by atoms with E-state index in [2.05, 4.69) is 16.6 Å². The molecule has 0 fully saturated rings. The summed E-state index contributed by atoms with van der Waals surface area (Å²) in [5.74, 6) is 0.969. The summed E-state index contributed by atoms with van der Waals surface area (Å²) in [7, 11) is 0. The summed E-state index contributed by atoms with van der Waals surface area (Å²) in [6.07, 6.45) is 4.98. The molecule has 0 spiro atoms. The minimum absolute atomic E-state index is 0.0713. The number of nitrogens with one attached hydrogen (secondary N) is 2. The number of hydrogen-bond donors (Lipinski definition) is 3. The third-order valence-electron chi connectivity index (χ3n) is 6.63. The lowest BCUT2D eigenvalue weighted by Gasteiger charge is -2.44. The number of terminal acetylenes is 1. The normalized spacial score (nSPS) is 12.8. The largest absolute Gasteiger partial charge is 0.444 e. The van der Waals surface area contributed by atoms with E-state index >= 15 is 0 Å². The summed E-state index contributed by atoms with van der Waals surface area (Å²) in [5.41, 5.74) is 5.78. The summed E-state index contributed by atoms with van der Waals surface area (Å²) in [4.78, 5) is 54.2. The molecule has 0 aliphatic carbocycles. The minimum Gasteiger partial charge on any atom is -0.444 e. The molecule has 2 atom stereocenters. The van der Waals surface area contributed by atoms with Gasteiger partial charge in [0.2, 0.25) is 17.7 Å². The van der Waals surface area contributed by atoms with Crippen molar-refractivity contribution in [3.63, 3.8) is 0 Å². The van der Waals surface area contributed by atoms with Gasteiger partial charge in [-0.3, -0.25) is 14.4 Å². The average molecular weight is 563 g/mol. The molecule has 0 aromatic heterocycles. The molecule has 2 aromatic carbocycles. The van der Waals surface area contributed by atoms with Gasteiger partial charge >= 0.3 is 6.09 Å². The molecule has 0 heterocycles. The molecule has 0 bridgehead atoms. The lowest BCUT2D eigenvalue weighted by Crippen LogP contribution is -2.59. The quantitative estimate of drug-likeness (QED) is 0.334. The zero-order chi connectivity index (χ0) is 30.8. The summed E-state index contributed by atoms with van der Waals surface area (Å²) in [6, 6.07) is 14.0. The van der Waals surface area contributed by atoms with Gasteiger partial charge in [-0.1, -0.05) is 55.3 Å². The van der Waals surface area contributed by atoms with E-state index in [1.165, 1.54) is 4.90 Å². The van der Waals surface area contributed by atoms with Gasteiger partial charge in [-0.25, -0.2) is 4.79 Å². The molecular weight excluding hydrogens is 520 g/mol. The van der Waals surface area contributed by atoms with Crippen molar-refractivity contribution in [2.45, 2.75) is 90.6 Å². The molecule has 4 N–H and O–H groups in total. The van der Waals surface area contributed by atoms with Crippen LogP contribution in [0.3, 0.4) is 0 Å². The molecular formula is C32H42N4O5. The van der Waals surface area contributed by atoms with Crippen molar-refractivity contribution in [1.82, 2.24) is 15.5 Å². The van der Waals surface area contributed by atoms with E-state index in [1.54, 1.807) is 45.0 Å². The number of alkyl carbamates (subject to hydrolysis) is 1. The van der Waals surface area contributed by atoms with Crippen molar-refractivity contribution < 1.29 is 23.9 Å². The maximum absolute atomic E-state index is 14.4. The number of amides is 4. The molecule has 9 heteroatoms. The number of nitrogens with zero attached hydrogens (tertiary/aromatic N) is 1. The van der Waals surface area contributed by atoms with Gasteiger partial charge < -0.3 is 26.0 Å². The lowest BCUT2D eigenvalue weighted by molar-refractivity contribution is -0.149. The Kier molecular flexibility index (Phi) is 11.5. The number of nitrogens with two attached hydrogens (primary N) is 1. The highest BCUT2D eigenvalue weighted by atomic mass is 16.6. The maximum atomic E-state index is 14.4. The molecule has 0 aliphatic rings. The van der Waals surface area contributed by atoms with Crippen LogP contribution < -0.4 is 16.4 Å². The van der Waals surface area contributed by atoms with E-state index in [9.17, 15) is 19.2 Å². The molecule has 2 rings (SSSR count). The molecule has 0 saturated carbocycles. The Morgan fingerprint density at radius 3 is 2.12 bits per heavy atom. The number of rotatable bonds is 12. The number of carbonyl (C=O) groups excluding carboxylic acids is 4. The first kappa shape index (κ1) is 32.9. The standard InChI is InChI=1S/C32H42N4O5/c1-8-22-15-17-24(18-16-22)27(28(38)34-21-23-13-11-10-12-14-23)36(32(6,7)9-2)29(39)25(19-20-26(33)37)35-30(40)41-31(3,4)5/h1,10-18,25,27H,9,19-21H2,2-7H3,(H2,33,37)(H,34,38)(H,35,40). The van der Waals surface area contributed by atoms with Crippen LogP contribution >= 0.6 is 0 Å². The van der Waals surface area contributed by atoms with E-state index in [4.69, 9.17) is 16.9 Å². The molecule has 9 nitrogen and oxygen atoms in total. The van der Waals surface area contributed by atoms with Crippen molar-refractivity contribution in [2.75, 3.05) is 0 Å². The van der Waals surface area contributed by atoms with E-state index < -0.39 is 47.0 Å². The fourth-order valence-electron chi connectivity index (χ4n) is 4.17. The van der Waals surface area contributed by atoms with Gasteiger partial charge in [0.25, 0.3) is 0 Å². The lowest BCUT2D eigenvalue weighted by atomic mass is 9.91. The van der Waals surface area contributed by atoms with Gasteiger partial charge in [-0.05, 0) is 70.7 Å². The van der Waals surface area contributed by atoms with Crippen LogP contribution in [0.1, 0.15) is 83.5 Å². The first-order valence-corrected chi connectivity index (χ1v) is 13.7. The van der Waals surface area contributed by atoms with E-state index in [0.29, 0.717) is 17.5 Å². The van der Waals surface area contributed by atoms with Gasteiger partial charge in [0.1, 0.15) is 17.7 Å². The molecule has 2 unspecified atom stereocenters. The van der Waals surface area contributed by atoms with Crippen molar-refractivity contribution in [1.29, 1.82) is 0 Å². The maximum Gasteiger partial charge on any atom is 0.408 e. The van der Waals surface area contributed by atoms with Crippen LogP contribution in [0.4, 0.5) is 4.79 Å². The fraction of sp³-hybridized carbons (Fsp3) is 0.438. The van der Waals surface area contributed by atoms with Gasteiger partial charge in [0, 0.05) is 24.1 Å². The van der Waals surface area contributed by atoms with E-state index in [0.717, 1.165) is 5.56 Å². The second kappa shape index (κ2) is 14.4. The summed E-state index contributed by atoms with van der Waals surface area (Å²) >= 11 is 0. The zero-order valence-corrected chi connectivity index (χ0v) is 24.8. The van der Waals surface area contributed by atoms with Gasteiger partial charge in [-0.2, -0.15) is 0 Å². The predicted molar refractivity (Wildman–Crippen MR) is 158 cm³/mol. The van der Waals surface area contributed by atoms with Crippen molar-refractivity contribution >= 4 is 23.8 Å². The minimum atomic E-state index is -1.18. The molecule has 41 heavy (non-hydrogen) atoms. The highest BCUT2D eigenvalue weighted by Gasteiger charge is 2.43. The fourth-order valence-corrected chi connectivity index (χ4v) is 4.17. The van der Waals surface area contributed by atoms with E-state index in [1.807, 2.05) is 51.1 Å². The zero-order valence-electron chi connectivity index (χ0n) is 24.8. The van der Waals surface area contributed by atoms with Gasteiger partial charge in [0.05, 0.1) is 0 Å². The Morgan fingerprint density at radius 1 is 1.00 bits per heavy atom. The second-order valence-corrected chi connectivity index (χ2v) is 11.5. The molecule has 0 aliphatic heterocycles. The Labute approximate surface area is 243 Å². The average Bonchev–Trinajstić information content (AvgIpc) is 2.91. The number of benzene rings is 2. The van der Waals surface area contributed by atoms with E-state index in [-0.39, 0.29) is 19.4 Å². The smallest absolute Gasteiger partial charge is 0.408 e. The topological polar surface area (TPSA) is 131 Å². The molecule has 0 radical (unpaired) electrons. The molecule has 2 aromatic rings. The highest BCUT2D eigenvalue weighted by Crippen LogP contribution is 2.33. The Balaban J connectivity index is 2.59. The van der Waals surface area contributed by atoms with Crippen LogP contribution in [-0.2, 0) is 25.7 Å². The third-order valence-corrected chi connectivity index (χ3v) is 6.63. The van der Waals surface area contributed by atoms with Crippen molar-refractivity contribution in [3.8, 4) is 12.3 Å². The Bertz CT molecular complexity index is 1240.